The Labute approximate surface area is 221 Å². The molecule has 0 bridgehead atoms. The Bertz CT molecular complexity index is 1430. The van der Waals surface area contributed by atoms with Crippen molar-refractivity contribution in [3.63, 3.8) is 0 Å². The summed E-state index contributed by atoms with van der Waals surface area (Å²) < 4.78 is 1.37. The average Bonchev–Trinajstić information content (AvgIpc) is 3.51. The first kappa shape index (κ1) is 24.4. The normalized spacial score (nSPS) is 13.3. The summed E-state index contributed by atoms with van der Waals surface area (Å²) in [7, 11) is 0. The largest absolute Gasteiger partial charge is 0.507 e. The molecule has 0 atom stereocenters. The summed E-state index contributed by atoms with van der Waals surface area (Å²) in [5.41, 5.74) is 2.99. The van der Waals surface area contributed by atoms with Gasteiger partial charge in [-0.05, 0) is 66.2 Å². The lowest BCUT2D eigenvalue weighted by molar-refractivity contribution is 0.103. The second-order valence-electron chi connectivity index (χ2n) is 8.56. The Kier molecular flexibility index (Phi) is 7.00. The van der Waals surface area contributed by atoms with Crippen molar-refractivity contribution in [1.82, 2.24) is 15.1 Å². The fourth-order valence-corrected chi connectivity index (χ4v) is 4.95. The second kappa shape index (κ2) is 10.3. The van der Waals surface area contributed by atoms with E-state index in [-0.39, 0.29) is 30.2 Å². The number of phenols is 1. The standard InChI is InChI=1S/C26H22Cl2N4O3S/c27-19-8-6-15(11-20(19)28)14-29-26(35)32-22(16-3-1-4-16)13-21(31-32)18-12-17(7-9-23(18)33)30-25(34)24-5-2-10-36-24/h2,5-13,16,33H,1,3-4,14H2,(H,29,35)(H,30,34). The van der Waals surface area contributed by atoms with Crippen molar-refractivity contribution < 1.29 is 14.7 Å². The van der Waals surface area contributed by atoms with Gasteiger partial charge < -0.3 is 15.7 Å². The lowest BCUT2D eigenvalue weighted by Crippen LogP contribution is -2.31. The molecule has 10 heteroatoms. The number of halogens is 2. The molecule has 1 saturated carbocycles. The molecule has 2 amide bonds. The van der Waals surface area contributed by atoms with E-state index in [4.69, 9.17) is 23.2 Å². The molecular weight excluding hydrogens is 519 g/mol. The van der Waals surface area contributed by atoms with E-state index < -0.39 is 0 Å². The molecular formula is C26H22Cl2N4O3S. The molecule has 2 aromatic carbocycles. The topological polar surface area (TPSA) is 96.2 Å². The number of carbonyl (C=O) groups excluding carboxylic acids is 2. The van der Waals surface area contributed by atoms with Crippen molar-refractivity contribution in [3.05, 3.63) is 86.2 Å². The summed E-state index contributed by atoms with van der Waals surface area (Å²) >= 11 is 13.4. The zero-order chi connectivity index (χ0) is 25.2. The quantitative estimate of drug-likeness (QED) is 0.231. The second-order valence-corrected chi connectivity index (χ2v) is 10.3. The number of hydrogen-bond donors (Lipinski definition) is 3. The van der Waals surface area contributed by atoms with Gasteiger partial charge in [-0.1, -0.05) is 41.8 Å². The van der Waals surface area contributed by atoms with Crippen LogP contribution in [0, 0.1) is 0 Å². The maximum atomic E-state index is 13.1. The number of carbonyl (C=O) groups is 2. The van der Waals surface area contributed by atoms with Gasteiger partial charge in [0.2, 0.25) is 0 Å². The smallest absolute Gasteiger partial charge is 0.342 e. The number of thiophene rings is 1. The summed E-state index contributed by atoms with van der Waals surface area (Å²) in [4.78, 5) is 26.2. The molecule has 1 fully saturated rings. The van der Waals surface area contributed by atoms with Crippen molar-refractivity contribution in [2.24, 2.45) is 0 Å². The predicted molar refractivity (Wildman–Crippen MR) is 142 cm³/mol. The summed E-state index contributed by atoms with van der Waals surface area (Å²) in [5, 5.41) is 23.5. The molecule has 0 radical (unpaired) electrons. The molecule has 2 aromatic heterocycles. The molecule has 1 aliphatic carbocycles. The zero-order valence-electron chi connectivity index (χ0n) is 19.0. The number of nitrogens with zero attached hydrogens (tertiary/aromatic N) is 2. The van der Waals surface area contributed by atoms with Crippen LogP contribution < -0.4 is 10.6 Å². The zero-order valence-corrected chi connectivity index (χ0v) is 21.3. The Morgan fingerprint density at radius 2 is 1.92 bits per heavy atom. The Hall–Kier alpha value is -3.33. The molecule has 0 saturated heterocycles. The van der Waals surface area contributed by atoms with Gasteiger partial charge in [0.15, 0.2) is 0 Å². The number of aromatic nitrogens is 2. The van der Waals surface area contributed by atoms with Crippen LogP contribution in [0.2, 0.25) is 10.0 Å². The van der Waals surface area contributed by atoms with Crippen molar-refractivity contribution in [1.29, 1.82) is 0 Å². The number of aromatic hydroxyl groups is 1. The van der Waals surface area contributed by atoms with Gasteiger partial charge in [-0.25, -0.2) is 4.79 Å². The molecule has 0 aliphatic heterocycles. The highest BCUT2D eigenvalue weighted by molar-refractivity contribution is 7.12. The molecule has 0 spiro atoms. The summed E-state index contributed by atoms with van der Waals surface area (Å²) in [6, 6.07) is 15.0. The summed E-state index contributed by atoms with van der Waals surface area (Å²) in [6.07, 6.45) is 3.02. The Morgan fingerprint density at radius 3 is 2.61 bits per heavy atom. The number of rotatable bonds is 6. The van der Waals surface area contributed by atoms with Crippen molar-refractivity contribution >= 4 is 52.2 Å². The van der Waals surface area contributed by atoms with Crippen LogP contribution in [0.1, 0.15) is 46.1 Å². The van der Waals surface area contributed by atoms with E-state index in [1.165, 1.54) is 22.1 Å². The minimum absolute atomic E-state index is 0.00477. The SMILES string of the molecule is O=C(Nc1ccc(O)c(-c2cc(C3CCC3)n(C(=O)NCc3ccc(Cl)c(Cl)c3)n2)c1)c1cccs1. The highest BCUT2D eigenvalue weighted by Crippen LogP contribution is 2.39. The molecule has 36 heavy (non-hydrogen) atoms. The maximum Gasteiger partial charge on any atom is 0.342 e. The van der Waals surface area contributed by atoms with Gasteiger partial charge in [0.05, 0.1) is 26.3 Å². The van der Waals surface area contributed by atoms with Gasteiger partial charge >= 0.3 is 6.03 Å². The van der Waals surface area contributed by atoms with Crippen LogP contribution in [0.15, 0.2) is 60.0 Å². The molecule has 7 nitrogen and oxygen atoms in total. The van der Waals surface area contributed by atoms with Crippen molar-refractivity contribution in [3.8, 4) is 17.0 Å². The molecule has 0 unspecified atom stereocenters. The number of benzene rings is 2. The summed E-state index contributed by atoms with van der Waals surface area (Å²) in [6.45, 7) is 0.254. The monoisotopic (exact) mass is 540 g/mol. The van der Waals surface area contributed by atoms with E-state index in [0.29, 0.717) is 31.9 Å². The lowest BCUT2D eigenvalue weighted by atomic mass is 9.82. The van der Waals surface area contributed by atoms with Crippen LogP contribution in [0.3, 0.4) is 0 Å². The van der Waals surface area contributed by atoms with E-state index >= 15 is 0 Å². The van der Waals surface area contributed by atoms with E-state index in [9.17, 15) is 14.7 Å². The number of hydrogen-bond acceptors (Lipinski definition) is 5. The first-order valence-corrected chi connectivity index (χ1v) is 13.0. The van der Waals surface area contributed by atoms with Gasteiger partial charge in [0, 0.05) is 23.7 Å². The number of nitrogens with one attached hydrogen (secondary N) is 2. The van der Waals surface area contributed by atoms with Crippen LogP contribution in [0.25, 0.3) is 11.3 Å². The van der Waals surface area contributed by atoms with Crippen LogP contribution in [-0.2, 0) is 6.54 Å². The highest BCUT2D eigenvalue weighted by Gasteiger charge is 2.27. The van der Waals surface area contributed by atoms with Crippen LogP contribution in [-0.4, -0.2) is 26.8 Å². The number of phenolic OH excluding ortho intramolecular Hbond substituents is 1. The van der Waals surface area contributed by atoms with Gasteiger partial charge in [-0.3, -0.25) is 4.79 Å². The number of amides is 2. The molecule has 1 aliphatic rings. The summed E-state index contributed by atoms with van der Waals surface area (Å²) in [5.74, 6) is -0.0139. The van der Waals surface area contributed by atoms with Crippen LogP contribution in [0.4, 0.5) is 10.5 Å². The first-order valence-electron chi connectivity index (χ1n) is 11.4. The molecule has 5 rings (SSSR count). The Morgan fingerprint density at radius 1 is 1.08 bits per heavy atom. The van der Waals surface area contributed by atoms with Gasteiger partial charge in [-0.15, -0.1) is 11.3 Å². The van der Waals surface area contributed by atoms with Gasteiger partial charge in [0.1, 0.15) is 5.75 Å². The van der Waals surface area contributed by atoms with Crippen LogP contribution in [0.5, 0.6) is 5.75 Å². The minimum atomic E-state index is -0.379. The van der Waals surface area contributed by atoms with E-state index in [2.05, 4.69) is 15.7 Å². The van der Waals surface area contributed by atoms with Crippen LogP contribution >= 0.6 is 34.5 Å². The van der Waals surface area contributed by atoms with Crippen molar-refractivity contribution in [2.45, 2.75) is 31.7 Å². The Balaban J connectivity index is 1.40. The minimum Gasteiger partial charge on any atom is -0.507 e. The molecule has 4 aromatic rings. The molecule has 3 N–H and O–H groups in total. The lowest BCUT2D eigenvalue weighted by Gasteiger charge is -2.25. The molecule has 184 valence electrons. The third kappa shape index (κ3) is 5.11. The predicted octanol–water partition coefficient (Wildman–Crippen LogP) is 6.90. The van der Waals surface area contributed by atoms with E-state index in [0.717, 1.165) is 30.5 Å². The average molecular weight is 541 g/mol. The third-order valence-corrected chi connectivity index (χ3v) is 7.76. The fraction of sp³-hybridized carbons (Fsp3) is 0.192. The maximum absolute atomic E-state index is 13.1. The van der Waals surface area contributed by atoms with Gasteiger partial charge in [-0.2, -0.15) is 9.78 Å². The van der Waals surface area contributed by atoms with E-state index in [1.54, 1.807) is 36.4 Å². The first-order chi connectivity index (χ1) is 17.4. The number of anilines is 1. The third-order valence-electron chi connectivity index (χ3n) is 6.16. The molecule has 2 heterocycles. The van der Waals surface area contributed by atoms with Gasteiger partial charge in [0.25, 0.3) is 5.91 Å². The highest BCUT2D eigenvalue weighted by atomic mass is 35.5. The van der Waals surface area contributed by atoms with Crippen molar-refractivity contribution in [2.75, 3.05) is 5.32 Å². The fourth-order valence-electron chi connectivity index (χ4n) is 4.01. The van der Waals surface area contributed by atoms with E-state index in [1.807, 2.05) is 17.5 Å².